The van der Waals surface area contributed by atoms with Crippen LogP contribution in [0, 0.1) is 5.92 Å². The fourth-order valence-electron chi connectivity index (χ4n) is 3.33. The minimum Gasteiger partial charge on any atom is -0.506 e. The van der Waals surface area contributed by atoms with Crippen molar-refractivity contribution in [3.05, 3.63) is 39.2 Å². The Kier molecular flexibility index (Phi) is 8.16. The first kappa shape index (κ1) is 23.8. The maximum atomic E-state index is 12.0. The Hall–Kier alpha value is -1.87. The number of ether oxygens (including phenoxy) is 1. The molecular formula is C21H23Cl2N3O3S2. The minimum atomic E-state index is -0.187. The highest BCUT2D eigenvalue weighted by Crippen LogP contribution is 2.40. The molecule has 0 bridgehead atoms. The number of hydrogen-bond acceptors (Lipinski definition) is 6. The Labute approximate surface area is 200 Å². The van der Waals surface area contributed by atoms with E-state index in [0.29, 0.717) is 44.5 Å². The number of carbonyl (C=O) groups excluding carboxylic acids is 1. The second-order valence-electron chi connectivity index (χ2n) is 7.11. The summed E-state index contributed by atoms with van der Waals surface area (Å²) < 4.78 is 5.13. The zero-order valence-corrected chi connectivity index (χ0v) is 20.3. The first-order valence-electron chi connectivity index (χ1n) is 9.83. The molecule has 1 atom stereocenters. The highest BCUT2D eigenvalue weighted by Gasteiger charge is 2.28. The number of thiocarbonyl (C=S) groups is 1. The lowest BCUT2D eigenvalue weighted by Crippen LogP contribution is -2.46. The fraction of sp³-hybridized carbons (Fsp3) is 0.381. The van der Waals surface area contributed by atoms with Crippen LogP contribution in [-0.4, -0.2) is 46.5 Å². The molecule has 0 spiro atoms. The van der Waals surface area contributed by atoms with E-state index in [2.05, 4.69) is 10.5 Å². The van der Waals surface area contributed by atoms with Crippen LogP contribution in [-0.2, 0) is 9.53 Å². The van der Waals surface area contributed by atoms with Gasteiger partial charge in [-0.05, 0) is 56.6 Å². The zero-order chi connectivity index (χ0) is 22.5. The minimum absolute atomic E-state index is 0.123. The van der Waals surface area contributed by atoms with Gasteiger partial charge in [-0.25, -0.2) is 0 Å². The van der Waals surface area contributed by atoms with Gasteiger partial charge in [-0.3, -0.25) is 10.2 Å². The summed E-state index contributed by atoms with van der Waals surface area (Å²) in [5.41, 5.74) is 4.84. The van der Waals surface area contributed by atoms with Crippen LogP contribution in [0.5, 0.6) is 5.75 Å². The van der Waals surface area contributed by atoms with Crippen LogP contribution in [0.2, 0.25) is 10.0 Å². The van der Waals surface area contributed by atoms with Crippen LogP contribution in [0.3, 0.4) is 0 Å². The third-order valence-corrected chi connectivity index (χ3v) is 7.09. The molecule has 2 aromatic rings. The van der Waals surface area contributed by atoms with E-state index in [1.807, 2.05) is 10.3 Å². The molecule has 6 nitrogen and oxygen atoms in total. The van der Waals surface area contributed by atoms with Crippen LogP contribution < -0.4 is 5.43 Å². The highest BCUT2D eigenvalue weighted by molar-refractivity contribution is 7.80. The van der Waals surface area contributed by atoms with Crippen molar-refractivity contribution >= 4 is 63.5 Å². The topological polar surface area (TPSA) is 74.2 Å². The SMILES string of the molecule is CCOC(=O)C1CCCN(C(=S)NN=C(C)c2csc(-c3ccc(Cl)c(Cl)c3)c2O)C1. The number of benzene rings is 1. The van der Waals surface area contributed by atoms with E-state index in [-0.39, 0.29) is 17.6 Å². The summed E-state index contributed by atoms with van der Waals surface area (Å²) in [7, 11) is 0. The predicted molar refractivity (Wildman–Crippen MR) is 130 cm³/mol. The van der Waals surface area contributed by atoms with Crippen molar-refractivity contribution in [3.63, 3.8) is 0 Å². The molecule has 31 heavy (non-hydrogen) atoms. The Morgan fingerprint density at radius 1 is 1.42 bits per heavy atom. The van der Waals surface area contributed by atoms with Gasteiger partial charge in [0, 0.05) is 18.5 Å². The van der Waals surface area contributed by atoms with E-state index >= 15 is 0 Å². The molecule has 3 rings (SSSR count). The largest absolute Gasteiger partial charge is 0.506 e. The molecule has 0 saturated carbocycles. The summed E-state index contributed by atoms with van der Waals surface area (Å²) >= 11 is 18.9. The molecule has 1 aromatic carbocycles. The van der Waals surface area contributed by atoms with Crippen LogP contribution in [0.4, 0.5) is 0 Å². The predicted octanol–water partition coefficient (Wildman–Crippen LogP) is 5.30. The number of halogens is 2. The lowest BCUT2D eigenvalue weighted by molar-refractivity contribution is -0.149. The Morgan fingerprint density at radius 3 is 2.90 bits per heavy atom. The number of carbonyl (C=O) groups is 1. The number of likely N-dealkylation sites (tertiary alicyclic amines) is 1. The van der Waals surface area contributed by atoms with Gasteiger partial charge in [0.25, 0.3) is 0 Å². The quantitative estimate of drug-likeness (QED) is 0.251. The van der Waals surface area contributed by atoms with Gasteiger partial charge in [-0.2, -0.15) is 5.10 Å². The number of hydrazone groups is 1. The second kappa shape index (κ2) is 10.6. The monoisotopic (exact) mass is 499 g/mol. The van der Waals surface area contributed by atoms with Crippen LogP contribution in [0.25, 0.3) is 10.4 Å². The Morgan fingerprint density at radius 2 is 2.19 bits per heavy atom. The number of nitrogens with zero attached hydrogens (tertiary/aromatic N) is 2. The van der Waals surface area contributed by atoms with Gasteiger partial charge in [-0.1, -0.05) is 29.3 Å². The molecule has 1 aliphatic rings. The summed E-state index contributed by atoms with van der Waals surface area (Å²) in [6.07, 6.45) is 1.65. The molecule has 1 fully saturated rings. The number of nitrogens with one attached hydrogen (secondary N) is 1. The smallest absolute Gasteiger partial charge is 0.310 e. The lowest BCUT2D eigenvalue weighted by atomic mass is 9.99. The van der Waals surface area contributed by atoms with Crippen molar-refractivity contribution in [2.45, 2.75) is 26.7 Å². The van der Waals surface area contributed by atoms with Gasteiger partial charge >= 0.3 is 5.97 Å². The summed E-state index contributed by atoms with van der Waals surface area (Å²) in [4.78, 5) is 14.6. The summed E-state index contributed by atoms with van der Waals surface area (Å²) in [6.45, 7) is 5.21. The normalized spacial score (nSPS) is 16.8. The molecule has 2 heterocycles. The molecule has 0 amide bonds. The summed E-state index contributed by atoms with van der Waals surface area (Å²) in [5, 5.41) is 18.2. The second-order valence-corrected chi connectivity index (χ2v) is 9.19. The first-order chi connectivity index (χ1) is 14.8. The standard InChI is InChI=1S/C21H23Cl2N3O3S2/c1-3-29-20(28)14-5-4-8-26(10-14)21(30)25-24-12(2)15-11-31-19(18(15)27)13-6-7-16(22)17(23)9-13/h6-7,9,11,14,27H,3-5,8,10H2,1-2H3,(H,25,30). The van der Waals surface area contributed by atoms with E-state index in [0.717, 1.165) is 24.9 Å². The van der Waals surface area contributed by atoms with Crippen molar-refractivity contribution in [2.24, 2.45) is 11.0 Å². The summed E-state index contributed by atoms with van der Waals surface area (Å²) in [5.74, 6) is -0.251. The van der Waals surface area contributed by atoms with Crippen LogP contribution in [0.15, 0.2) is 28.7 Å². The lowest BCUT2D eigenvalue weighted by Gasteiger charge is -2.32. The molecule has 1 aliphatic heterocycles. The van der Waals surface area contributed by atoms with E-state index in [9.17, 15) is 9.90 Å². The highest BCUT2D eigenvalue weighted by atomic mass is 35.5. The zero-order valence-electron chi connectivity index (χ0n) is 17.2. The molecule has 1 saturated heterocycles. The average molecular weight is 500 g/mol. The fourth-order valence-corrected chi connectivity index (χ4v) is 4.84. The maximum Gasteiger partial charge on any atom is 0.310 e. The van der Waals surface area contributed by atoms with Gasteiger partial charge in [-0.15, -0.1) is 11.3 Å². The molecule has 166 valence electrons. The van der Waals surface area contributed by atoms with Crippen LogP contribution >= 0.6 is 46.8 Å². The van der Waals surface area contributed by atoms with Crippen molar-refractivity contribution in [3.8, 4) is 16.2 Å². The van der Waals surface area contributed by atoms with Gasteiger partial charge < -0.3 is 14.7 Å². The molecule has 1 unspecified atom stereocenters. The molecule has 0 radical (unpaired) electrons. The number of thiophene rings is 1. The van der Waals surface area contributed by atoms with Gasteiger partial charge in [0.15, 0.2) is 5.11 Å². The van der Waals surface area contributed by atoms with Crippen molar-refractivity contribution in [1.29, 1.82) is 0 Å². The molecule has 2 N–H and O–H groups in total. The first-order valence-corrected chi connectivity index (χ1v) is 11.9. The van der Waals surface area contributed by atoms with Crippen LogP contribution in [0.1, 0.15) is 32.3 Å². The van der Waals surface area contributed by atoms with Gasteiger partial charge in [0.2, 0.25) is 0 Å². The third-order valence-electron chi connectivity index (χ3n) is 4.98. The van der Waals surface area contributed by atoms with Crippen molar-refractivity contribution < 1.29 is 14.6 Å². The third kappa shape index (κ3) is 5.68. The van der Waals surface area contributed by atoms with Crippen molar-refractivity contribution in [1.82, 2.24) is 10.3 Å². The Balaban J connectivity index is 1.68. The summed E-state index contributed by atoms with van der Waals surface area (Å²) in [6, 6.07) is 5.22. The number of hydrogen-bond donors (Lipinski definition) is 2. The van der Waals surface area contributed by atoms with E-state index in [1.54, 1.807) is 32.0 Å². The van der Waals surface area contributed by atoms with E-state index in [1.165, 1.54) is 11.3 Å². The van der Waals surface area contributed by atoms with E-state index in [4.69, 9.17) is 40.2 Å². The number of piperidine rings is 1. The van der Waals surface area contributed by atoms with Crippen molar-refractivity contribution in [2.75, 3.05) is 19.7 Å². The maximum absolute atomic E-state index is 12.0. The number of rotatable bonds is 5. The van der Waals surface area contributed by atoms with Gasteiger partial charge in [0.05, 0.1) is 38.7 Å². The van der Waals surface area contributed by atoms with Gasteiger partial charge in [0.1, 0.15) is 5.75 Å². The Bertz CT molecular complexity index is 1010. The molecule has 1 aromatic heterocycles. The number of esters is 1. The number of aromatic hydroxyl groups is 1. The molecule has 0 aliphatic carbocycles. The molecular weight excluding hydrogens is 477 g/mol. The van der Waals surface area contributed by atoms with E-state index < -0.39 is 0 Å². The average Bonchev–Trinajstić information content (AvgIpc) is 3.15. The molecule has 10 heteroatoms.